The van der Waals surface area contributed by atoms with Crippen LogP contribution in [0.1, 0.15) is 30.6 Å². The zero-order valence-electron chi connectivity index (χ0n) is 18.0. The van der Waals surface area contributed by atoms with Crippen LogP contribution in [0.25, 0.3) is 11.4 Å². The SMILES string of the molecule is CCOc1cc(C=O)ccc1OCCCSc1nnc(-c2ccc(OC)cc2)n1CC. The van der Waals surface area contributed by atoms with Crippen LogP contribution >= 0.6 is 11.8 Å². The quantitative estimate of drug-likeness (QED) is 0.228. The molecule has 164 valence electrons. The first-order valence-electron chi connectivity index (χ1n) is 10.2. The van der Waals surface area contributed by atoms with Gasteiger partial charge in [-0.1, -0.05) is 11.8 Å². The molecule has 0 unspecified atom stereocenters. The van der Waals surface area contributed by atoms with Crippen molar-refractivity contribution >= 4 is 18.0 Å². The molecule has 0 saturated heterocycles. The van der Waals surface area contributed by atoms with E-state index in [1.807, 2.05) is 31.2 Å². The summed E-state index contributed by atoms with van der Waals surface area (Å²) in [5, 5.41) is 9.64. The van der Waals surface area contributed by atoms with Crippen molar-refractivity contribution in [2.75, 3.05) is 26.1 Å². The summed E-state index contributed by atoms with van der Waals surface area (Å²) in [4.78, 5) is 11.0. The molecule has 0 aliphatic rings. The van der Waals surface area contributed by atoms with E-state index >= 15 is 0 Å². The summed E-state index contributed by atoms with van der Waals surface area (Å²) in [6.45, 7) is 5.82. The lowest BCUT2D eigenvalue weighted by Gasteiger charge is -2.12. The molecule has 1 heterocycles. The lowest BCUT2D eigenvalue weighted by Crippen LogP contribution is -2.03. The number of ether oxygens (including phenoxy) is 3. The maximum absolute atomic E-state index is 11.0. The van der Waals surface area contributed by atoms with Crippen molar-refractivity contribution in [3.8, 4) is 28.6 Å². The summed E-state index contributed by atoms with van der Waals surface area (Å²) in [5.74, 6) is 3.75. The van der Waals surface area contributed by atoms with Crippen molar-refractivity contribution in [2.45, 2.75) is 32.0 Å². The van der Waals surface area contributed by atoms with Crippen LogP contribution in [0.4, 0.5) is 0 Å². The van der Waals surface area contributed by atoms with Gasteiger partial charge in [0.25, 0.3) is 0 Å². The minimum Gasteiger partial charge on any atom is -0.497 e. The second-order valence-corrected chi connectivity index (χ2v) is 7.65. The fourth-order valence-corrected chi connectivity index (χ4v) is 3.94. The van der Waals surface area contributed by atoms with Crippen molar-refractivity contribution in [3.05, 3.63) is 48.0 Å². The normalized spacial score (nSPS) is 10.7. The van der Waals surface area contributed by atoms with E-state index in [0.29, 0.717) is 30.3 Å². The number of rotatable bonds is 12. The molecule has 8 heteroatoms. The first-order valence-corrected chi connectivity index (χ1v) is 11.2. The maximum Gasteiger partial charge on any atom is 0.191 e. The molecule has 31 heavy (non-hydrogen) atoms. The van der Waals surface area contributed by atoms with Gasteiger partial charge >= 0.3 is 0 Å². The largest absolute Gasteiger partial charge is 0.497 e. The summed E-state index contributed by atoms with van der Waals surface area (Å²) in [6, 6.07) is 13.0. The Morgan fingerprint density at radius 3 is 2.52 bits per heavy atom. The van der Waals surface area contributed by atoms with Crippen molar-refractivity contribution in [1.29, 1.82) is 0 Å². The Labute approximate surface area is 186 Å². The van der Waals surface area contributed by atoms with E-state index in [1.165, 1.54) is 0 Å². The van der Waals surface area contributed by atoms with Crippen molar-refractivity contribution < 1.29 is 19.0 Å². The highest BCUT2D eigenvalue weighted by Gasteiger charge is 2.13. The third kappa shape index (κ3) is 5.79. The van der Waals surface area contributed by atoms with Gasteiger partial charge in [-0.25, -0.2) is 0 Å². The van der Waals surface area contributed by atoms with Crippen molar-refractivity contribution in [3.63, 3.8) is 0 Å². The summed E-state index contributed by atoms with van der Waals surface area (Å²) in [7, 11) is 1.65. The van der Waals surface area contributed by atoms with Gasteiger partial charge in [-0.3, -0.25) is 4.79 Å². The summed E-state index contributed by atoms with van der Waals surface area (Å²) in [6.07, 6.45) is 1.63. The van der Waals surface area contributed by atoms with Crippen LogP contribution in [0.2, 0.25) is 0 Å². The van der Waals surface area contributed by atoms with Gasteiger partial charge in [-0.05, 0) is 62.7 Å². The number of methoxy groups -OCH3 is 1. The molecule has 0 fully saturated rings. The zero-order chi connectivity index (χ0) is 22.1. The number of hydrogen-bond donors (Lipinski definition) is 0. The van der Waals surface area contributed by atoms with E-state index in [0.717, 1.165) is 47.3 Å². The van der Waals surface area contributed by atoms with Gasteiger partial charge in [0.2, 0.25) is 0 Å². The van der Waals surface area contributed by atoms with Crippen LogP contribution in [0, 0.1) is 0 Å². The second-order valence-electron chi connectivity index (χ2n) is 6.59. The lowest BCUT2D eigenvalue weighted by atomic mass is 10.2. The Kier molecular flexibility index (Phi) is 8.35. The molecule has 0 aliphatic heterocycles. The number of carbonyl (C=O) groups excluding carboxylic acids is 1. The third-order valence-corrected chi connectivity index (χ3v) is 5.62. The molecule has 0 bridgehead atoms. The van der Waals surface area contributed by atoms with E-state index in [-0.39, 0.29) is 0 Å². The second kappa shape index (κ2) is 11.4. The summed E-state index contributed by atoms with van der Waals surface area (Å²) in [5.41, 5.74) is 1.57. The van der Waals surface area contributed by atoms with Crippen molar-refractivity contribution in [1.82, 2.24) is 14.8 Å². The molecule has 0 atom stereocenters. The highest BCUT2D eigenvalue weighted by Crippen LogP contribution is 2.29. The van der Waals surface area contributed by atoms with E-state index in [2.05, 4.69) is 21.7 Å². The first-order chi connectivity index (χ1) is 15.2. The van der Waals surface area contributed by atoms with Gasteiger partial charge < -0.3 is 18.8 Å². The molecular weight excluding hydrogens is 414 g/mol. The average Bonchev–Trinajstić information content (AvgIpc) is 3.22. The van der Waals surface area contributed by atoms with Crippen LogP contribution in [0.15, 0.2) is 47.6 Å². The third-order valence-electron chi connectivity index (χ3n) is 4.56. The first kappa shape index (κ1) is 22.7. The van der Waals surface area contributed by atoms with Crippen LogP contribution in [-0.2, 0) is 6.54 Å². The Balaban J connectivity index is 1.55. The van der Waals surface area contributed by atoms with Crippen LogP contribution in [0.3, 0.4) is 0 Å². The number of thioether (sulfide) groups is 1. The number of aldehydes is 1. The Hall–Kier alpha value is -3.00. The summed E-state index contributed by atoms with van der Waals surface area (Å²) < 4.78 is 18.8. The highest BCUT2D eigenvalue weighted by molar-refractivity contribution is 7.99. The highest BCUT2D eigenvalue weighted by atomic mass is 32.2. The zero-order valence-corrected chi connectivity index (χ0v) is 18.9. The molecule has 1 aromatic heterocycles. The van der Waals surface area contributed by atoms with Crippen LogP contribution in [-0.4, -0.2) is 47.1 Å². The van der Waals surface area contributed by atoms with Gasteiger partial charge in [0, 0.05) is 23.4 Å². The standard InChI is InChI=1S/C23H27N3O4S/c1-4-26-22(18-8-10-19(28-3)11-9-18)24-25-23(26)31-14-6-13-30-20-12-7-17(16-27)15-21(20)29-5-2/h7-12,15-16H,4-6,13-14H2,1-3H3. The Morgan fingerprint density at radius 1 is 1.03 bits per heavy atom. The molecule has 0 spiro atoms. The lowest BCUT2D eigenvalue weighted by molar-refractivity contribution is 0.112. The molecule has 2 aromatic carbocycles. The maximum atomic E-state index is 11.0. The Morgan fingerprint density at radius 2 is 1.84 bits per heavy atom. The van der Waals surface area contributed by atoms with Crippen molar-refractivity contribution in [2.24, 2.45) is 0 Å². The molecular formula is C23H27N3O4S. The molecule has 7 nitrogen and oxygen atoms in total. The minimum atomic E-state index is 0.512. The van der Waals surface area contributed by atoms with Gasteiger partial charge in [0.05, 0.1) is 20.3 Å². The van der Waals surface area contributed by atoms with E-state index in [4.69, 9.17) is 14.2 Å². The Bertz CT molecular complexity index is 989. The average molecular weight is 442 g/mol. The smallest absolute Gasteiger partial charge is 0.191 e. The minimum absolute atomic E-state index is 0.512. The van der Waals surface area contributed by atoms with Crippen LogP contribution in [0.5, 0.6) is 17.2 Å². The predicted octanol–water partition coefficient (Wildman–Crippen LogP) is 4.75. The topological polar surface area (TPSA) is 75.5 Å². The van der Waals surface area contributed by atoms with Gasteiger partial charge in [0.1, 0.15) is 12.0 Å². The van der Waals surface area contributed by atoms with Gasteiger partial charge in [-0.15, -0.1) is 10.2 Å². The fraction of sp³-hybridized carbons (Fsp3) is 0.348. The number of benzene rings is 2. The fourth-order valence-electron chi connectivity index (χ4n) is 3.02. The molecule has 0 amide bonds. The predicted molar refractivity (Wildman–Crippen MR) is 122 cm³/mol. The molecule has 0 saturated carbocycles. The molecule has 3 aromatic rings. The van der Waals surface area contributed by atoms with E-state index < -0.39 is 0 Å². The molecule has 0 N–H and O–H groups in total. The number of nitrogens with zero attached hydrogens (tertiary/aromatic N) is 3. The number of hydrogen-bond acceptors (Lipinski definition) is 7. The van der Waals surface area contributed by atoms with E-state index in [1.54, 1.807) is 37.1 Å². The van der Waals surface area contributed by atoms with Crippen LogP contribution < -0.4 is 14.2 Å². The molecule has 3 rings (SSSR count). The van der Waals surface area contributed by atoms with Gasteiger partial charge in [-0.2, -0.15) is 0 Å². The monoisotopic (exact) mass is 441 g/mol. The van der Waals surface area contributed by atoms with Gasteiger partial charge in [0.15, 0.2) is 22.5 Å². The van der Waals surface area contributed by atoms with E-state index in [9.17, 15) is 4.79 Å². The molecule has 0 radical (unpaired) electrons. The number of carbonyl (C=O) groups is 1. The summed E-state index contributed by atoms with van der Waals surface area (Å²) >= 11 is 1.66. The molecule has 0 aliphatic carbocycles. The number of aromatic nitrogens is 3.